The van der Waals surface area contributed by atoms with Crippen molar-refractivity contribution in [2.75, 3.05) is 18.0 Å². The maximum absolute atomic E-state index is 12.4. The Balaban J connectivity index is 1.34. The molecule has 0 spiro atoms. The molecule has 1 aliphatic heterocycles. The number of aromatic nitrogens is 3. The van der Waals surface area contributed by atoms with Crippen molar-refractivity contribution in [1.29, 1.82) is 0 Å². The van der Waals surface area contributed by atoms with Gasteiger partial charge in [0.1, 0.15) is 11.5 Å². The molecule has 6 nitrogen and oxygen atoms in total. The van der Waals surface area contributed by atoms with Crippen molar-refractivity contribution in [3.05, 3.63) is 54.1 Å². The van der Waals surface area contributed by atoms with E-state index in [0.29, 0.717) is 18.3 Å². The molecule has 3 aromatic rings. The van der Waals surface area contributed by atoms with Crippen LogP contribution in [0.15, 0.2) is 42.9 Å². The van der Waals surface area contributed by atoms with E-state index in [0.717, 1.165) is 30.7 Å². The van der Waals surface area contributed by atoms with E-state index < -0.39 is 0 Å². The van der Waals surface area contributed by atoms with Crippen LogP contribution in [0, 0.1) is 0 Å². The van der Waals surface area contributed by atoms with Crippen molar-refractivity contribution in [2.24, 2.45) is 0 Å². The zero-order valence-corrected chi connectivity index (χ0v) is 16.3. The minimum Gasteiger partial charge on any atom is -0.361 e. The average molecular weight is 377 g/mol. The zero-order chi connectivity index (χ0) is 19.3. The normalized spacial score (nSPS) is 17.0. The molecule has 4 rings (SSSR count). The summed E-state index contributed by atoms with van der Waals surface area (Å²) >= 11 is 0. The van der Waals surface area contributed by atoms with Crippen LogP contribution in [0.2, 0.25) is 0 Å². The van der Waals surface area contributed by atoms with Crippen molar-refractivity contribution >= 4 is 22.6 Å². The molecular formula is C22H27N5O. The van der Waals surface area contributed by atoms with Gasteiger partial charge in [-0.1, -0.05) is 25.1 Å². The number of benzene rings is 1. The fourth-order valence-electron chi connectivity index (χ4n) is 4.05. The molecule has 0 radical (unpaired) electrons. The highest BCUT2D eigenvalue weighted by Gasteiger charge is 2.22. The molecule has 1 atom stereocenters. The highest BCUT2D eigenvalue weighted by Crippen LogP contribution is 2.24. The van der Waals surface area contributed by atoms with Gasteiger partial charge >= 0.3 is 0 Å². The number of hydrogen-bond acceptors (Lipinski definition) is 4. The smallest absolute Gasteiger partial charge is 0.271 e. The summed E-state index contributed by atoms with van der Waals surface area (Å²) in [6.07, 6.45) is 10.9. The van der Waals surface area contributed by atoms with E-state index in [-0.39, 0.29) is 5.91 Å². The summed E-state index contributed by atoms with van der Waals surface area (Å²) in [5, 5.41) is 4.15. The number of piperidine rings is 1. The fraction of sp³-hybridized carbons (Fsp3) is 0.409. The zero-order valence-electron chi connectivity index (χ0n) is 16.3. The van der Waals surface area contributed by atoms with Crippen molar-refractivity contribution in [3.8, 4) is 0 Å². The Hall–Kier alpha value is -2.89. The van der Waals surface area contributed by atoms with E-state index in [4.69, 9.17) is 0 Å². The lowest BCUT2D eigenvalue weighted by Crippen LogP contribution is -2.39. The number of hydrogen-bond donors (Lipinski definition) is 2. The van der Waals surface area contributed by atoms with E-state index in [2.05, 4.69) is 44.2 Å². The van der Waals surface area contributed by atoms with E-state index in [1.165, 1.54) is 30.2 Å². The Labute approximate surface area is 165 Å². The number of nitrogens with one attached hydrogen (secondary N) is 2. The monoisotopic (exact) mass is 377 g/mol. The highest BCUT2D eigenvalue weighted by atomic mass is 16.1. The standard InChI is InChI=1S/C22H27N5O/c1-2-17-7-5-6-12-27(17)21-15-25-20(14-26-21)22(28)23-11-10-16-13-24-19-9-4-3-8-18(16)19/h3-4,8-9,13-15,17,24H,2,5-7,10-12H2,1H3,(H,23,28). The molecule has 6 heteroatoms. The predicted molar refractivity (Wildman–Crippen MR) is 112 cm³/mol. The van der Waals surface area contributed by atoms with E-state index in [9.17, 15) is 4.79 Å². The Morgan fingerprint density at radius 2 is 2.14 bits per heavy atom. The highest BCUT2D eigenvalue weighted by molar-refractivity contribution is 5.92. The molecule has 1 unspecified atom stereocenters. The summed E-state index contributed by atoms with van der Waals surface area (Å²) in [5.74, 6) is 0.700. The van der Waals surface area contributed by atoms with Crippen LogP contribution in [0.1, 0.15) is 48.7 Å². The van der Waals surface area contributed by atoms with Crippen LogP contribution in [0.4, 0.5) is 5.82 Å². The first-order valence-corrected chi connectivity index (χ1v) is 10.2. The molecule has 146 valence electrons. The van der Waals surface area contributed by atoms with Gasteiger partial charge in [0.25, 0.3) is 5.91 Å². The van der Waals surface area contributed by atoms with Gasteiger partial charge in [-0.3, -0.25) is 4.79 Å². The summed E-state index contributed by atoms with van der Waals surface area (Å²) in [6.45, 7) is 3.80. The maximum atomic E-state index is 12.4. The number of amides is 1. The summed E-state index contributed by atoms with van der Waals surface area (Å²) < 4.78 is 0. The molecule has 3 heterocycles. The van der Waals surface area contributed by atoms with Gasteiger partial charge in [-0.05, 0) is 43.7 Å². The van der Waals surface area contributed by atoms with Gasteiger partial charge in [-0.15, -0.1) is 0 Å². The van der Waals surface area contributed by atoms with Crippen LogP contribution in [0.25, 0.3) is 10.9 Å². The second kappa shape index (κ2) is 8.42. The SMILES string of the molecule is CCC1CCCCN1c1cnc(C(=O)NCCc2c[nH]c3ccccc23)cn1. The molecule has 1 aliphatic rings. The number of carbonyl (C=O) groups excluding carboxylic acids is 1. The van der Waals surface area contributed by atoms with Crippen LogP contribution < -0.4 is 10.2 Å². The molecule has 0 aliphatic carbocycles. The minimum absolute atomic E-state index is 0.176. The largest absolute Gasteiger partial charge is 0.361 e. The van der Waals surface area contributed by atoms with Gasteiger partial charge in [-0.2, -0.15) is 0 Å². The first-order valence-electron chi connectivity index (χ1n) is 10.2. The number of aromatic amines is 1. The molecule has 2 N–H and O–H groups in total. The third kappa shape index (κ3) is 3.86. The predicted octanol–water partition coefficient (Wildman–Crippen LogP) is 3.70. The molecule has 2 aromatic heterocycles. The number of nitrogens with zero attached hydrogens (tertiary/aromatic N) is 3. The maximum Gasteiger partial charge on any atom is 0.271 e. The van der Waals surface area contributed by atoms with Crippen molar-refractivity contribution in [1.82, 2.24) is 20.3 Å². The van der Waals surface area contributed by atoms with Crippen LogP contribution in [-0.4, -0.2) is 40.0 Å². The molecule has 28 heavy (non-hydrogen) atoms. The average Bonchev–Trinajstić information content (AvgIpc) is 3.17. The van der Waals surface area contributed by atoms with Crippen LogP contribution in [0.5, 0.6) is 0 Å². The molecule has 1 amide bonds. The lowest BCUT2D eigenvalue weighted by Gasteiger charge is -2.35. The molecule has 1 aromatic carbocycles. The van der Waals surface area contributed by atoms with Crippen molar-refractivity contribution < 1.29 is 4.79 Å². The molecule has 0 bridgehead atoms. The molecule has 1 saturated heterocycles. The number of anilines is 1. The summed E-state index contributed by atoms with van der Waals surface area (Å²) in [6, 6.07) is 8.72. The summed E-state index contributed by atoms with van der Waals surface area (Å²) in [5.41, 5.74) is 2.69. The van der Waals surface area contributed by atoms with E-state index in [1.54, 1.807) is 12.4 Å². The van der Waals surface area contributed by atoms with Gasteiger partial charge in [0, 0.05) is 36.2 Å². The Morgan fingerprint density at radius 3 is 2.96 bits per heavy atom. The molecule has 0 saturated carbocycles. The first kappa shape index (κ1) is 18.5. The Kier molecular flexibility index (Phi) is 5.55. The lowest BCUT2D eigenvalue weighted by molar-refractivity contribution is 0.0949. The molecule has 1 fully saturated rings. The molecular weight excluding hydrogens is 350 g/mol. The van der Waals surface area contributed by atoms with E-state index in [1.807, 2.05) is 18.3 Å². The third-order valence-corrected chi connectivity index (χ3v) is 5.62. The fourth-order valence-corrected chi connectivity index (χ4v) is 4.05. The quantitative estimate of drug-likeness (QED) is 0.687. The number of fused-ring (bicyclic) bond motifs is 1. The number of H-pyrrole nitrogens is 1. The first-order chi connectivity index (χ1) is 13.8. The number of para-hydroxylation sites is 1. The minimum atomic E-state index is -0.176. The van der Waals surface area contributed by atoms with Crippen LogP contribution in [-0.2, 0) is 6.42 Å². The van der Waals surface area contributed by atoms with Gasteiger partial charge < -0.3 is 15.2 Å². The second-order valence-corrected chi connectivity index (χ2v) is 7.38. The second-order valence-electron chi connectivity index (χ2n) is 7.38. The van der Waals surface area contributed by atoms with Crippen LogP contribution in [0.3, 0.4) is 0 Å². The Bertz CT molecular complexity index is 934. The third-order valence-electron chi connectivity index (χ3n) is 5.62. The van der Waals surface area contributed by atoms with Crippen molar-refractivity contribution in [2.45, 2.75) is 45.1 Å². The van der Waals surface area contributed by atoms with Crippen LogP contribution >= 0.6 is 0 Å². The van der Waals surface area contributed by atoms with Gasteiger partial charge in [0.15, 0.2) is 0 Å². The topological polar surface area (TPSA) is 73.9 Å². The van der Waals surface area contributed by atoms with E-state index >= 15 is 0 Å². The number of rotatable bonds is 6. The van der Waals surface area contributed by atoms with Crippen molar-refractivity contribution in [3.63, 3.8) is 0 Å². The summed E-state index contributed by atoms with van der Waals surface area (Å²) in [4.78, 5) is 26.9. The lowest BCUT2D eigenvalue weighted by atomic mass is 10.0. The van der Waals surface area contributed by atoms with Gasteiger partial charge in [0.05, 0.1) is 12.4 Å². The summed E-state index contributed by atoms with van der Waals surface area (Å²) in [7, 11) is 0. The van der Waals surface area contributed by atoms with Gasteiger partial charge in [-0.25, -0.2) is 9.97 Å². The Morgan fingerprint density at radius 1 is 1.25 bits per heavy atom. The number of carbonyl (C=O) groups is 1. The van der Waals surface area contributed by atoms with Gasteiger partial charge in [0.2, 0.25) is 0 Å².